The summed E-state index contributed by atoms with van der Waals surface area (Å²) >= 11 is 0. The van der Waals surface area contributed by atoms with E-state index < -0.39 is 0 Å². The fourth-order valence-electron chi connectivity index (χ4n) is 2.27. The van der Waals surface area contributed by atoms with Gasteiger partial charge in [-0.05, 0) is 54.2 Å². The Labute approximate surface area is 124 Å². The molecular weight excluding hydrogens is 260 g/mol. The minimum Gasteiger partial charge on any atom is -0.396 e. The summed E-state index contributed by atoms with van der Waals surface area (Å²) in [6.45, 7) is 0.112. The average Bonchev–Trinajstić information content (AvgIpc) is 2.54. The first kappa shape index (κ1) is 14.8. The lowest BCUT2D eigenvalue weighted by atomic mass is 9.97. The van der Waals surface area contributed by atoms with Crippen molar-refractivity contribution in [2.24, 2.45) is 0 Å². The van der Waals surface area contributed by atoms with E-state index in [2.05, 4.69) is 12.1 Å². The van der Waals surface area contributed by atoms with Crippen molar-refractivity contribution in [2.45, 2.75) is 19.3 Å². The first-order valence-electron chi connectivity index (χ1n) is 6.88. The molecule has 0 spiro atoms. The second kappa shape index (κ2) is 7.24. The molecule has 0 heterocycles. The van der Waals surface area contributed by atoms with E-state index in [-0.39, 0.29) is 6.61 Å². The van der Waals surface area contributed by atoms with Gasteiger partial charge in [0.25, 0.3) is 0 Å². The Morgan fingerprint density at radius 2 is 1.52 bits per heavy atom. The van der Waals surface area contributed by atoms with Crippen LogP contribution in [-0.4, -0.2) is 11.7 Å². The number of hydrogen-bond donors (Lipinski definition) is 1. The van der Waals surface area contributed by atoms with Crippen LogP contribution in [0.5, 0.6) is 0 Å². The Morgan fingerprint density at radius 3 is 2.14 bits per heavy atom. The number of aliphatic hydroxyl groups excluding tert-OH is 1. The van der Waals surface area contributed by atoms with Crippen molar-refractivity contribution in [3.05, 3.63) is 70.3 Å². The molecular formula is C18H16N2O. The van der Waals surface area contributed by atoms with Gasteiger partial charge in [-0.15, -0.1) is 0 Å². The number of rotatable bonds is 5. The monoisotopic (exact) mass is 276 g/mol. The lowest BCUT2D eigenvalue weighted by molar-refractivity contribution is 0.299. The maximum Gasteiger partial charge on any atom is 0.0994 e. The van der Waals surface area contributed by atoms with E-state index >= 15 is 0 Å². The van der Waals surface area contributed by atoms with Gasteiger partial charge in [0.05, 0.1) is 23.3 Å². The van der Waals surface area contributed by atoms with Crippen molar-refractivity contribution in [1.29, 1.82) is 10.5 Å². The van der Waals surface area contributed by atoms with Gasteiger partial charge in [0.1, 0.15) is 0 Å². The number of hydrogen-bond acceptors (Lipinski definition) is 3. The number of nitriles is 2. The molecule has 2 aromatic carbocycles. The molecule has 0 fully saturated rings. The van der Waals surface area contributed by atoms with Crippen LogP contribution in [0, 0.1) is 22.7 Å². The fourth-order valence-corrected chi connectivity index (χ4v) is 2.27. The lowest BCUT2D eigenvalue weighted by Gasteiger charge is -2.07. The standard InChI is InChI=1S/C18H16N2O/c19-12-16-3-1-14(2-4-16)5-7-17-11-15(9-10-21)6-8-18(17)13-20/h1-4,6,8,11,21H,5,7,9-10H2. The molecule has 2 aromatic rings. The molecule has 0 aliphatic rings. The first-order chi connectivity index (χ1) is 10.3. The van der Waals surface area contributed by atoms with Crippen molar-refractivity contribution in [3.63, 3.8) is 0 Å². The van der Waals surface area contributed by atoms with Crippen LogP contribution >= 0.6 is 0 Å². The predicted octanol–water partition coefficient (Wildman–Crippen LogP) is 2.75. The summed E-state index contributed by atoms with van der Waals surface area (Å²) in [5.41, 5.74) is 4.54. The zero-order chi connectivity index (χ0) is 15.1. The third kappa shape index (κ3) is 3.92. The van der Waals surface area contributed by atoms with Crippen molar-refractivity contribution < 1.29 is 5.11 Å². The zero-order valence-corrected chi connectivity index (χ0v) is 11.7. The van der Waals surface area contributed by atoms with Gasteiger partial charge >= 0.3 is 0 Å². The molecule has 0 saturated heterocycles. The maximum atomic E-state index is 9.17. The molecule has 0 radical (unpaired) electrons. The number of benzene rings is 2. The minimum atomic E-state index is 0.112. The largest absolute Gasteiger partial charge is 0.396 e. The maximum absolute atomic E-state index is 9.17. The Bertz CT molecular complexity index is 691. The van der Waals surface area contributed by atoms with Crippen LogP contribution in [0.1, 0.15) is 27.8 Å². The summed E-state index contributed by atoms with van der Waals surface area (Å²) in [7, 11) is 0. The third-order valence-electron chi connectivity index (χ3n) is 3.46. The van der Waals surface area contributed by atoms with Gasteiger partial charge in [-0.1, -0.05) is 24.3 Å². The van der Waals surface area contributed by atoms with Crippen molar-refractivity contribution in [3.8, 4) is 12.1 Å². The summed E-state index contributed by atoms with van der Waals surface area (Å²) in [5, 5.41) is 27.0. The van der Waals surface area contributed by atoms with E-state index in [4.69, 9.17) is 15.6 Å². The van der Waals surface area contributed by atoms with Crippen LogP contribution in [0.4, 0.5) is 0 Å². The van der Waals surface area contributed by atoms with E-state index in [0.717, 1.165) is 29.5 Å². The normalized spacial score (nSPS) is 9.86. The van der Waals surface area contributed by atoms with E-state index in [1.807, 2.05) is 42.5 Å². The minimum absolute atomic E-state index is 0.112. The molecule has 0 amide bonds. The average molecular weight is 276 g/mol. The van der Waals surface area contributed by atoms with Crippen molar-refractivity contribution >= 4 is 0 Å². The Kier molecular flexibility index (Phi) is 5.10. The summed E-state index contributed by atoms with van der Waals surface area (Å²) in [4.78, 5) is 0. The Balaban J connectivity index is 2.12. The first-order valence-corrected chi connectivity index (χ1v) is 6.88. The van der Waals surface area contributed by atoms with Gasteiger partial charge in [-0.3, -0.25) is 0 Å². The van der Waals surface area contributed by atoms with Crippen LogP contribution in [0.25, 0.3) is 0 Å². The molecule has 0 atom stereocenters. The molecule has 1 N–H and O–H groups in total. The molecule has 2 rings (SSSR count). The van der Waals surface area contributed by atoms with E-state index in [0.29, 0.717) is 17.5 Å². The van der Waals surface area contributed by atoms with Crippen LogP contribution in [0.2, 0.25) is 0 Å². The van der Waals surface area contributed by atoms with Crippen LogP contribution in [0.15, 0.2) is 42.5 Å². The lowest BCUT2D eigenvalue weighted by Crippen LogP contribution is -1.98. The summed E-state index contributed by atoms with van der Waals surface area (Å²) in [6, 6.07) is 17.5. The molecule has 0 aromatic heterocycles. The molecule has 0 unspecified atom stereocenters. The fraction of sp³-hybridized carbons (Fsp3) is 0.222. The summed E-state index contributed by atoms with van der Waals surface area (Å²) in [5.74, 6) is 0. The van der Waals surface area contributed by atoms with Gasteiger partial charge in [0, 0.05) is 6.61 Å². The van der Waals surface area contributed by atoms with Gasteiger partial charge in [-0.25, -0.2) is 0 Å². The molecule has 3 nitrogen and oxygen atoms in total. The number of nitrogens with zero attached hydrogens (tertiary/aromatic N) is 2. The second-order valence-corrected chi connectivity index (χ2v) is 4.89. The van der Waals surface area contributed by atoms with Crippen LogP contribution in [0.3, 0.4) is 0 Å². The van der Waals surface area contributed by atoms with E-state index in [1.54, 1.807) is 0 Å². The highest BCUT2D eigenvalue weighted by Gasteiger charge is 2.05. The number of aliphatic hydroxyl groups is 1. The molecule has 21 heavy (non-hydrogen) atoms. The Hall–Kier alpha value is -2.62. The number of aryl methyl sites for hydroxylation is 2. The van der Waals surface area contributed by atoms with Crippen LogP contribution in [-0.2, 0) is 19.3 Å². The van der Waals surface area contributed by atoms with Gasteiger partial charge in [0.2, 0.25) is 0 Å². The second-order valence-electron chi connectivity index (χ2n) is 4.89. The van der Waals surface area contributed by atoms with Crippen molar-refractivity contribution in [1.82, 2.24) is 0 Å². The van der Waals surface area contributed by atoms with Crippen molar-refractivity contribution in [2.75, 3.05) is 6.61 Å². The molecule has 0 aliphatic carbocycles. The molecule has 0 saturated carbocycles. The SMILES string of the molecule is N#Cc1ccc(CCc2cc(CCO)ccc2C#N)cc1. The highest BCUT2D eigenvalue weighted by molar-refractivity contribution is 5.41. The summed E-state index contributed by atoms with van der Waals surface area (Å²) < 4.78 is 0. The molecule has 104 valence electrons. The Morgan fingerprint density at radius 1 is 0.810 bits per heavy atom. The smallest absolute Gasteiger partial charge is 0.0994 e. The predicted molar refractivity (Wildman–Crippen MR) is 80.5 cm³/mol. The highest BCUT2D eigenvalue weighted by Crippen LogP contribution is 2.15. The van der Waals surface area contributed by atoms with Crippen LogP contribution < -0.4 is 0 Å². The zero-order valence-electron chi connectivity index (χ0n) is 11.7. The van der Waals surface area contributed by atoms with Gasteiger partial charge in [0.15, 0.2) is 0 Å². The summed E-state index contributed by atoms with van der Waals surface area (Å²) in [6.07, 6.45) is 2.20. The van der Waals surface area contributed by atoms with Gasteiger partial charge < -0.3 is 5.11 Å². The van der Waals surface area contributed by atoms with E-state index in [9.17, 15) is 0 Å². The van der Waals surface area contributed by atoms with Gasteiger partial charge in [-0.2, -0.15) is 10.5 Å². The molecule has 0 bridgehead atoms. The molecule has 3 heteroatoms. The molecule has 0 aliphatic heterocycles. The van der Waals surface area contributed by atoms with E-state index in [1.165, 1.54) is 0 Å². The topological polar surface area (TPSA) is 67.8 Å². The third-order valence-corrected chi connectivity index (χ3v) is 3.46. The quantitative estimate of drug-likeness (QED) is 0.913. The highest BCUT2D eigenvalue weighted by atomic mass is 16.2.